The van der Waals surface area contributed by atoms with Gasteiger partial charge in [-0.1, -0.05) is 6.07 Å². The number of fused-ring (bicyclic) bond motifs is 1. The average Bonchev–Trinajstić information content (AvgIpc) is 2.62. The van der Waals surface area contributed by atoms with Gasteiger partial charge in [0.25, 0.3) is 0 Å². The molecule has 0 aliphatic rings. The molecule has 1 N–H and O–H groups in total. The minimum absolute atomic E-state index is 0.188. The Labute approximate surface area is 88.8 Å². The van der Waals surface area contributed by atoms with Crippen molar-refractivity contribution in [1.29, 1.82) is 0 Å². The molecule has 0 radical (unpaired) electrons. The fourth-order valence-corrected chi connectivity index (χ4v) is 1.63. The van der Waals surface area contributed by atoms with Gasteiger partial charge in [-0.05, 0) is 19.2 Å². The number of aromatic nitrogens is 2. The molecule has 2 aromatic heterocycles. The Morgan fingerprint density at radius 3 is 3.13 bits per heavy atom. The number of pyridine rings is 1. The largest absolute Gasteiger partial charge is 0.395 e. The second-order valence-corrected chi connectivity index (χ2v) is 3.64. The zero-order valence-electron chi connectivity index (χ0n) is 8.80. The molecule has 0 saturated heterocycles. The smallest absolute Gasteiger partial charge is 0.136 e. The van der Waals surface area contributed by atoms with Gasteiger partial charge in [0, 0.05) is 19.3 Å². The molecule has 4 heteroatoms. The van der Waals surface area contributed by atoms with E-state index in [-0.39, 0.29) is 6.61 Å². The van der Waals surface area contributed by atoms with Crippen LogP contribution in [0, 0.1) is 0 Å². The standard InChI is InChI=1S/C11H15N3O/c1-13(6-7-15)9-10-8-12-11-4-2-3-5-14(10)11/h2-5,8,15H,6-7,9H2,1H3. The zero-order valence-corrected chi connectivity index (χ0v) is 8.80. The summed E-state index contributed by atoms with van der Waals surface area (Å²) in [6.07, 6.45) is 3.88. The number of rotatable bonds is 4. The number of aliphatic hydroxyl groups excluding tert-OH is 1. The van der Waals surface area contributed by atoms with Crippen molar-refractivity contribution in [2.24, 2.45) is 0 Å². The summed E-state index contributed by atoms with van der Waals surface area (Å²) in [5, 5.41) is 8.81. The summed E-state index contributed by atoms with van der Waals surface area (Å²) in [4.78, 5) is 6.37. The van der Waals surface area contributed by atoms with Crippen LogP contribution in [-0.2, 0) is 6.54 Å². The molecule has 0 unspecified atom stereocenters. The van der Waals surface area contributed by atoms with E-state index in [2.05, 4.69) is 14.3 Å². The van der Waals surface area contributed by atoms with Crippen LogP contribution in [0.2, 0.25) is 0 Å². The lowest BCUT2D eigenvalue weighted by molar-refractivity contribution is 0.216. The van der Waals surface area contributed by atoms with Crippen molar-refractivity contribution in [3.8, 4) is 0 Å². The molecule has 0 aliphatic heterocycles. The SMILES string of the molecule is CN(CCO)Cc1cnc2ccccn12. The van der Waals surface area contributed by atoms with Gasteiger partial charge in [-0.15, -0.1) is 0 Å². The first-order valence-electron chi connectivity index (χ1n) is 5.01. The molecule has 2 heterocycles. The van der Waals surface area contributed by atoms with E-state index >= 15 is 0 Å². The molecule has 0 fully saturated rings. The summed E-state index contributed by atoms with van der Waals surface area (Å²) in [5.41, 5.74) is 2.10. The molecule has 0 bridgehead atoms. The second-order valence-electron chi connectivity index (χ2n) is 3.64. The van der Waals surface area contributed by atoms with E-state index in [1.165, 1.54) is 0 Å². The molecular weight excluding hydrogens is 190 g/mol. The van der Waals surface area contributed by atoms with Crippen LogP contribution in [0.25, 0.3) is 5.65 Å². The molecular formula is C11H15N3O. The first-order chi connectivity index (χ1) is 7.31. The second kappa shape index (κ2) is 4.42. The molecule has 0 amide bonds. The van der Waals surface area contributed by atoms with Crippen LogP contribution in [0.1, 0.15) is 5.69 Å². The average molecular weight is 205 g/mol. The molecule has 80 valence electrons. The van der Waals surface area contributed by atoms with Crippen molar-refractivity contribution in [2.45, 2.75) is 6.54 Å². The number of hydrogen-bond acceptors (Lipinski definition) is 3. The Balaban J connectivity index is 2.21. The van der Waals surface area contributed by atoms with Gasteiger partial charge >= 0.3 is 0 Å². The van der Waals surface area contributed by atoms with Crippen molar-refractivity contribution in [3.63, 3.8) is 0 Å². The van der Waals surface area contributed by atoms with E-state index in [1.807, 2.05) is 37.6 Å². The van der Waals surface area contributed by atoms with Gasteiger partial charge in [-0.25, -0.2) is 4.98 Å². The highest BCUT2D eigenvalue weighted by molar-refractivity contribution is 5.39. The Morgan fingerprint density at radius 2 is 2.33 bits per heavy atom. The topological polar surface area (TPSA) is 40.8 Å². The summed E-state index contributed by atoms with van der Waals surface area (Å²) < 4.78 is 2.06. The van der Waals surface area contributed by atoms with Crippen LogP contribution in [0.5, 0.6) is 0 Å². The lowest BCUT2D eigenvalue weighted by Gasteiger charge is -2.14. The van der Waals surface area contributed by atoms with E-state index < -0.39 is 0 Å². The summed E-state index contributed by atoms with van der Waals surface area (Å²) in [7, 11) is 1.98. The van der Waals surface area contributed by atoms with Gasteiger partial charge in [-0.2, -0.15) is 0 Å². The Morgan fingerprint density at radius 1 is 1.47 bits per heavy atom. The van der Waals surface area contributed by atoms with Gasteiger partial charge in [0.2, 0.25) is 0 Å². The molecule has 0 spiro atoms. The van der Waals surface area contributed by atoms with E-state index in [0.29, 0.717) is 6.54 Å². The molecule has 15 heavy (non-hydrogen) atoms. The Kier molecular flexibility index (Phi) is 2.99. The van der Waals surface area contributed by atoms with Gasteiger partial charge in [0.1, 0.15) is 5.65 Å². The predicted octanol–water partition coefficient (Wildman–Crippen LogP) is 0.758. The monoisotopic (exact) mass is 205 g/mol. The van der Waals surface area contributed by atoms with Gasteiger partial charge in [0.05, 0.1) is 18.5 Å². The van der Waals surface area contributed by atoms with Crippen molar-refractivity contribution in [2.75, 3.05) is 20.2 Å². The van der Waals surface area contributed by atoms with Gasteiger partial charge in [-0.3, -0.25) is 4.90 Å². The third-order valence-electron chi connectivity index (χ3n) is 2.41. The fraction of sp³-hybridized carbons (Fsp3) is 0.364. The van der Waals surface area contributed by atoms with E-state index in [4.69, 9.17) is 5.11 Å². The lowest BCUT2D eigenvalue weighted by Crippen LogP contribution is -2.22. The minimum Gasteiger partial charge on any atom is -0.395 e. The third-order valence-corrected chi connectivity index (χ3v) is 2.41. The minimum atomic E-state index is 0.188. The number of likely N-dealkylation sites (N-methyl/N-ethyl adjacent to an activating group) is 1. The normalized spacial score (nSPS) is 11.4. The summed E-state index contributed by atoms with van der Waals surface area (Å²) in [5.74, 6) is 0. The first-order valence-corrected chi connectivity index (χ1v) is 5.01. The molecule has 0 aromatic carbocycles. The summed E-state index contributed by atoms with van der Waals surface area (Å²) >= 11 is 0. The maximum absolute atomic E-state index is 8.81. The number of nitrogens with zero attached hydrogens (tertiary/aromatic N) is 3. The zero-order chi connectivity index (χ0) is 10.7. The van der Waals surface area contributed by atoms with Gasteiger partial charge < -0.3 is 9.51 Å². The highest BCUT2D eigenvalue weighted by atomic mass is 16.3. The van der Waals surface area contributed by atoms with Crippen molar-refractivity contribution in [3.05, 3.63) is 36.3 Å². The Bertz CT molecular complexity index is 438. The molecule has 4 nitrogen and oxygen atoms in total. The van der Waals surface area contributed by atoms with Crippen molar-refractivity contribution >= 4 is 5.65 Å². The maximum atomic E-state index is 8.81. The van der Waals surface area contributed by atoms with E-state index in [9.17, 15) is 0 Å². The van der Waals surface area contributed by atoms with Gasteiger partial charge in [0.15, 0.2) is 0 Å². The third kappa shape index (κ3) is 2.16. The quantitative estimate of drug-likeness (QED) is 0.801. The summed E-state index contributed by atoms with van der Waals surface area (Å²) in [6, 6.07) is 5.95. The van der Waals surface area contributed by atoms with Crippen LogP contribution < -0.4 is 0 Å². The molecule has 2 aromatic rings. The van der Waals surface area contributed by atoms with Crippen LogP contribution in [0.3, 0.4) is 0 Å². The first kappa shape index (κ1) is 10.1. The molecule has 2 rings (SSSR count). The van der Waals surface area contributed by atoms with Crippen molar-refractivity contribution < 1.29 is 5.11 Å². The van der Waals surface area contributed by atoms with Crippen molar-refractivity contribution in [1.82, 2.24) is 14.3 Å². The van der Waals surface area contributed by atoms with Crippen LogP contribution in [0.15, 0.2) is 30.6 Å². The lowest BCUT2D eigenvalue weighted by atomic mass is 10.4. The van der Waals surface area contributed by atoms with E-state index in [1.54, 1.807) is 0 Å². The highest BCUT2D eigenvalue weighted by Gasteiger charge is 2.04. The highest BCUT2D eigenvalue weighted by Crippen LogP contribution is 2.07. The molecule has 0 saturated carbocycles. The van der Waals surface area contributed by atoms with Crippen LogP contribution >= 0.6 is 0 Å². The predicted molar refractivity (Wildman–Crippen MR) is 58.6 cm³/mol. The summed E-state index contributed by atoms with van der Waals surface area (Å²) in [6.45, 7) is 1.67. The van der Waals surface area contributed by atoms with Crippen LogP contribution in [-0.4, -0.2) is 39.6 Å². The molecule has 0 aliphatic carbocycles. The fourth-order valence-electron chi connectivity index (χ4n) is 1.63. The maximum Gasteiger partial charge on any atom is 0.136 e. The van der Waals surface area contributed by atoms with E-state index in [0.717, 1.165) is 17.9 Å². The van der Waals surface area contributed by atoms with Crippen LogP contribution in [0.4, 0.5) is 0 Å². The Hall–Kier alpha value is -1.39. The number of imidazole rings is 1. The molecule has 0 atom stereocenters. The number of aliphatic hydroxyl groups is 1. The number of hydrogen-bond donors (Lipinski definition) is 1.